The molecule has 0 fully saturated rings. The number of nitrogens with one attached hydrogen (secondary N) is 2. The summed E-state index contributed by atoms with van der Waals surface area (Å²) in [5.41, 5.74) is 2.74. The standard InChI is InChI=1S/C12H14N2O/c1-4-7-13-11-6-5-9(2)12(8-11)14-10(3)15/h1,5-6,8,13H,7H2,2-3H3,(H,14,15). The molecule has 0 atom stereocenters. The molecule has 15 heavy (non-hydrogen) atoms. The Labute approximate surface area is 89.9 Å². The summed E-state index contributed by atoms with van der Waals surface area (Å²) >= 11 is 0. The number of amides is 1. The third-order valence-electron chi connectivity index (χ3n) is 1.94. The van der Waals surface area contributed by atoms with E-state index in [0.29, 0.717) is 6.54 Å². The van der Waals surface area contributed by atoms with Crippen LogP contribution in [0.5, 0.6) is 0 Å². The zero-order valence-corrected chi connectivity index (χ0v) is 8.92. The van der Waals surface area contributed by atoms with Crippen LogP contribution in [0.3, 0.4) is 0 Å². The van der Waals surface area contributed by atoms with Crippen LogP contribution in [0.15, 0.2) is 18.2 Å². The fraction of sp³-hybridized carbons (Fsp3) is 0.250. The van der Waals surface area contributed by atoms with Crippen LogP contribution >= 0.6 is 0 Å². The lowest BCUT2D eigenvalue weighted by molar-refractivity contribution is -0.114. The smallest absolute Gasteiger partial charge is 0.221 e. The summed E-state index contributed by atoms with van der Waals surface area (Å²) in [6.07, 6.45) is 5.14. The molecule has 3 heteroatoms. The van der Waals surface area contributed by atoms with Gasteiger partial charge in [-0.25, -0.2) is 0 Å². The molecule has 3 nitrogen and oxygen atoms in total. The third kappa shape index (κ3) is 3.35. The number of hydrogen-bond acceptors (Lipinski definition) is 2. The minimum Gasteiger partial charge on any atom is -0.374 e. The van der Waals surface area contributed by atoms with Crippen LogP contribution in [0.25, 0.3) is 0 Å². The van der Waals surface area contributed by atoms with E-state index in [2.05, 4.69) is 16.6 Å². The minimum atomic E-state index is -0.0767. The van der Waals surface area contributed by atoms with Gasteiger partial charge in [0.2, 0.25) is 5.91 Å². The van der Waals surface area contributed by atoms with Crippen molar-refractivity contribution in [2.75, 3.05) is 17.2 Å². The highest BCUT2D eigenvalue weighted by atomic mass is 16.1. The number of anilines is 2. The zero-order valence-electron chi connectivity index (χ0n) is 8.92. The Morgan fingerprint density at radius 1 is 1.53 bits per heavy atom. The van der Waals surface area contributed by atoms with Crippen molar-refractivity contribution in [2.24, 2.45) is 0 Å². The van der Waals surface area contributed by atoms with Gasteiger partial charge in [-0.05, 0) is 24.6 Å². The fourth-order valence-corrected chi connectivity index (χ4v) is 1.21. The monoisotopic (exact) mass is 202 g/mol. The highest BCUT2D eigenvalue weighted by Gasteiger charge is 2.01. The Morgan fingerprint density at radius 2 is 2.27 bits per heavy atom. The first-order valence-electron chi connectivity index (χ1n) is 4.69. The minimum absolute atomic E-state index is 0.0767. The van der Waals surface area contributed by atoms with E-state index in [1.807, 2.05) is 25.1 Å². The molecule has 0 spiro atoms. The van der Waals surface area contributed by atoms with Crippen molar-refractivity contribution in [2.45, 2.75) is 13.8 Å². The average molecular weight is 202 g/mol. The van der Waals surface area contributed by atoms with Crippen LogP contribution in [0.2, 0.25) is 0 Å². The summed E-state index contributed by atoms with van der Waals surface area (Å²) in [6, 6.07) is 5.73. The van der Waals surface area contributed by atoms with Gasteiger partial charge in [0.05, 0.1) is 6.54 Å². The molecule has 0 aliphatic carbocycles. The number of benzene rings is 1. The van der Waals surface area contributed by atoms with E-state index in [0.717, 1.165) is 16.9 Å². The second-order valence-corrected chi connectivity index (χ2v) is 3.27. The van der Waals surface area contributed by atoms with E-state index in [1.165, 1.54) is 6.92 Å². The summed E-state index contributed by atoms with van der Waals surface area (Å²) in [5.74, 6) is 2.42. The van der Waals surface area contributed by atoms with E-state index in [9.17, 15) is 4.79 Å². The molecule has 1 rings (SSSR count). The van der Waals surface area contributed by atoms with Crippen molar-refractivity contribution in [3.63, 3.8) is 0 Å². The van der Waals surface area contributed by atoms with Gasteiger partial charge in [0.15, 0.2) is 0 Å². The Morgan fingerprint density at radius 3 is 2.87 bits per heavy atom. The molecule has 0 bridgehead atoms. The van der Waals surface area contributed by atoms with Crippen molar-refractivity contribution < 1.29 is 4.79 Å². The summed E-state index contributed by atoms with van der Waals surface area (Å²) in [6.45, 7) is 3.90. The summed E-state index contributed by atoms with van der Waals surface area (Å²) in [7, 11) is 0. The second-order valence-electron chi connectivity index (χ2n) is 3.27. The molecule has 1 aromatic rings. The Balaban J connectivity index is 2.85. The highest BCUT2D eigenvalue weighted by Crippen LogP contribution is 2.19. The van der Waals surface area contributed by atoms with Crippen molar-refractivity contribution in [1.82, 2.24) is 0 Å². The van der Waals surface area contributed by atoms with Crippen molar-refractivity contribution in [3.05, 3.63) is 23.8 Å². The second kappa shape index (κ2) is 5.06. The van der Waals surface area contributed by atoms with Gasteiger partial charge in [-0.2, -0.15) is 0 Å². The Bertz CT molecular complexity index is 405. The number of hydrogen-bond donors (Lipinski definition) is 2. The van der Waals surface area contributed by atoms with Gasteiger partial charge in [-0.3, -0.25) is 4.79 Å². The molecule has 0 heterocycles. The highest BCUT2D eigenvalue weighted by molar-refractivity contribution is 5.90. The van der Waals surface area contributed by atoms with E-state index in [1.54, 1.807) is 0 Å². The van der Waals surface area contributed by atoms with Gasteiger partial charge in [0, 0.05) is 18.3 Å². The number of terminal acetylenes is 1. The Kier molecular flexibility index (Phi) is 3.75. The van der Waals surface area contributed by atoms with Crippen molar-refractivity contribution in [1.29, 1.82) is 0 Å². The molecule has 0 aliphatic heterocycles. The van der Waals surface area contributed by atoms with E-state index >= 15 is 0 Å². The van der Waals surface area contributed by atoms with Gasteiger partial charge in [0.1, 0.15) is 0 Å². The maximum absolute atomic E-state index is 10.9. The predicted molar refractivity (Wildman–Crippen MR) is 62.8 cm³/mol. The number of aryl methyl sites for hydroxylation is 1. The predicted octanol–water partition coefficient (Wildman–Crippen LogP) is 2.00. The average Bonchev–Trinajstić information content (AvgIpc) is 2.18. The van der Waals surface area contributed by atoms with Crippen LogP contribution in [0.4, 0.5) is 11.4 Å². The van der Waals surface area contributed by atoms with E-state index < -0.39 is 0 Å². The SMILES string of the molecule is C#CCNc1ccc(C)c(NC(C)=O)c1. The molecular weight excluding hydrogens is 188 g/mol. The van der Waals surface area contributed by atoms with Gasteiger partial charge in [0.25, 0.3) is 0 Å². The molecule has 1 amide bonds. The van der Waals surface area contributed by atoms with E-state index in [4.69, 9.17) is 6.42 Å². The van der Waals surface area contributed by atoms with Crippen LogP contribution < -0.4 is 10.6 Å². The van der Waals surface area contributed by atoms with Crippen LogP contribution in [-0.4, -0.2) is 12.5 Å². The van der Waals surface area contributed by atoms with Gasteiger partial charge >= 0.3 is 0 Å². The number of carbonyl (C=O) groups excluding carboxylic acids is 1. The quantitative estimate of drug-likeness (QED) is 0.736. The molecule has 0 saturated heterocycles. The maximum Gasteiger partial charge on any atom is 0.221 e. The molecule has 1 aromatic carbocycles. The third-order valence-corrected chi connectivity index (χ3v) is 1.94. The fourth-order valence-electron chi connectivity index (χ4n) is 1.21. The summed E-state index contributed by atoms with van der Waals surface area (Å²) < 4.78 is 0. The normalized spacial score (nSPS) is 9.13. The number of carbonyl (C=O) groups is 1. The largest absolute Gasteiger partial charge is 0.374 e. The van der Waals surface area contributed by atoms with E-state index in [-0.39, 0.29) is 5.91 Å². The van der Waals surface area contributed by atoms with Crippen LogP contribution in [0, 0.1) is 19.3 Å². The molecule has 2 N–H and O–H groups in total. The van der Waals surface area contributed by atoms with Crippen LogP contribution in [0.1, 0.15) is 12.5 Å². The van der Waals surface area contributed by atoms with Gasteiger partial charge < -0.3 is 10.6 Å². The van der Waals surface area contributed by atoms with Crippen molar-refractivity contribution >= 4 is 17.3 Å². The molecule has 0 aromatic heterocycles. The number of rotatable bonds is 3. The maximum atomic E-state index is 10.9. The Hall–Kier alpha value is -1.95. The zero-order chi connectivity index (χ0) is 11.3. The van der Waals surface area contributed by atoms with Crippen molar-refractivity contribution in [3.8, 4) is 12.3 Å². The lowest BCUT2D eigenvalue weighted by Crippen LogP contribution is -2.08. The molecular formula is C12H14N2O. The molecule has 0 saturated carbocycles. The molecule has 78 valence electrons. The summed E-state index contributed by atoms with van der Waals surface area (Å²) in [4.78, 5) is 10.9. The molecule has 0 radical (unpaired) electrons. The molecule has 0 aliphatic rings. The lowest BCUT2D eigenvalue weighted by atomic mass is 10.2. The first kappa shape index (κ1) is 11.1. The van der Waals surface area contributed by atoms with Gasteiger partial charge in [-0.1, -0.05) is 12.0 Å². The topological polar surface area (TPSA) is 41.1 Å². The lowest BCUT2D eigenvalue weighted by Gasteiger charge is -2.09. The van der Waals surface area contributed by atoms with Gasteiger partial charge in [-0.15, -0.1) is 6.42 Å². The first-order chi connectivity index (χ1) is 7.13. The first-order valence-corrected chi connectivity index (χ1v) is 4.69. The van der Waals surface area contributed by atoms with Crippen LogP contribution in [-0.2, 0) is 4.79 Å². The molecule has 0 unspecified atom stereocenters. The summed E-state index contributed by atoms with van der Waals surface area (Å²) in [5, 5.41) is 5.81.